The van der Waals surface area contributed by atoms with E-state index in [9.17, 15) is 4.79 Å². The number of carbonyl (C=O) groups excluding carboxylic acids is 1. The van der Waals surface area contributed by atoms with Crippen molar-refractivity contribution in [3.05, 3.63) is 35.4 Å². The van der Waals surface area contributed by atoms with Crippen LogP contribution in [0.5, 0.6) is 0 Å². The van der Waals surface area contributed by atoms with Crippen LogP contribution in [0.2, 0.25) is 0 Å². The first-order valence-electron chi connectivity index (χ1n) is 10.6. The van der Waals surface area contributed by atoms with Gasteiger partial charge in [-0.1, -0.05) is 25.5 Å². The Bertz CT molecular complexity index is 567. The second kappa shape index (κ2) is 10.2. The van der Waals surface area contributed by atoms with Crippen molar-refractivity contribution < 1.29 is 19.0 Å². The molecule has 1 saturated heterocycles. The summed E-state index contributed by atoms with van der Waals surface area (Å²) in [6, 6.07) is 7.82. The molecule has 2 atom stereocenters. The van der Waals surface area contributed by atoms with E-state index in [1.54, 1.807) is 7.11 Å². The zero-order valence-corrected chi connectivity index (χ0v) is 16.8. The van der Waals surface area contributed by atoms with Gasteiger partial charge < -0.3 is 14.2 Å². The third kappa shape index (κ3) is 5.79. The van der Waals surface area contributed by atoms with Crippen molar-refractivity contribution in [2.45, 2.75) is 70.5 Å². The number of esters is 1. The van der Waals surface area contributed by atoms with Crippen LogP contribution in [0.1, 0.15) is 80.3 Å². The van der Waals surface area contributed by atoms with E-state index in [0.717, 1.165) is 45.3 Å². The highest BCUT2D eigenvalue weighted by Crippen LogP contribution is 2.32. The molecular formula is C23H34O4. The highest BCUT2D eigenvalue weighted by Gasteiger charge is 2.25. The summed E-state index contributed by atoms with van der Waals surface area (Å²) in [4.78, 5) is 12.4. The molecular weight excluding hydrogens is 340 g/mol. The first kappa shape index (κ1) is 20.3. The first-order valence-corrected chi connectivity index (χ1v) is 10.6. The molecule has 0 spiro atoms. The quantitative estimate of drug-likeness (QED) is 0.606. The third-order valence-corrected chi connectivity index (χ3v) is 6.06. The summed E-state index contributed by atoms with van der Waals surface area (Å²) in [6.45, 7) is 3.90. The molecule has 0 N–H and O–H groups in total. The zero-order valence-electron chi connectivity index (χ0n) is 16.8. The van der Waals surface area contributed by atoms with E-state index in [1.165, 1.54) is 24.8 Å². The summed E-state index contributed by atoms with van der Waals surface area (Å²) in [7, 11) is 1.75. The van der Waals surface area contributed by atoms with Crippen LogP contribution in [0, 0.1) is 11.8 Å². The molecule has 27 heavy (non-hydrogen) atoms. The van der Waals surface area contributed by atoms with E-state index in [2.05, 4.69) is 6.92 Å². The van der Waals surface area contributed by atoms with Crippen LogP contribution in [-0.2, 0) is 14.2 Å². The van der Waals surface area contributed by atoms with E-state index < -0.39 is 0 Å². The molecule has 0 aromatic heterocycles. The van der Waals surface area contributed by atoms with E-state index in [0.29, 0.717) is 17.4 Å². The smallest absolute Gasteiger partial charge is 0.338 e. The summed E-state index contributed by atoms with van der Waals surface area (Å²) < 4.78 is 17.0. The average molecular weight is 375 g/mol. The maximum Gasteiger partial charge on any atom is 0.338 e. The molecule has 0 amide bonds. The Kier molecular flexibility index (Phi) is 7.71. The van der Waals surface area contributed by atoms with Gasteiger partial charge in [0.15, 0.2) is 0 Å². The predicted molar refractivity (Wildman–Crippen MR) is 106 cm³/mol. The predicted octanol–water partition coefficient (Wildman–Crippen LogP) is 5.32. The second-order valence-corrected chi connectivity index (χ2v) is 8.18. The van der Waals surface area contributed by atoms with E-state index >= 15 is 0 Å². The SMILES string of the molecule is CCCC1CCC(c2ccc(C(=O)O[C@H]3CC[C@H](COC)CC3)cc2)OC1. The Balaban J connectivity index is 1.47. The molecule has 3 rings (SSSR count). The van der Waals surface area contributed by atoms with Gasteiger partial charge in [0.2, 0.25) is 0 Å². The Morgan fingerprint density at radius 2 is 1.74 bits per heavy atom. The number of rotatable bonds is 7. The molecule has 1 aliphatic carbocycles. The van der Waals surface area contributed by atoms with Crippen molar-refractivity contribution in [3.63, 3.8) is 0 Å². The first-order chi connectivity index (χ1) is 13.2. The molecule has 150 valence electrons. The highest BCUT2D eigenvalue weighted by atomic mass is 16.5. The summed E-state index contributed by atoms with van der Waals surface area (Å²) in [5, 5.41) is 0. The maximum absolute atomic E-state index is 12.4. The number of hydrogen-bond acceptors (Lipinski definition) is 4. The second-order valence-electron chi connectivity index (χ2n) is 8.18. The Hall–Kier alpha value is -1.39. The van der Waals surface area contributed by atoms with Crippen LogP contribution in [0.4, 0.5) is 0 Å². The number of hydrogen-bond donors (Lipinski definition) is 0. The molecule has 4 heteroatoms. The van der Waals surface area contributed by atoms with Gasteiger partial charge in [0.1, 0.15) is 6.10 Å². The van der Waals surface area contributed by atoms with Gasteiger partial charge in [-0.15, -0.1) is 0 Å². The van der Waals surface area contributed by atoms with Gasteiger partial charge in [-0.25, -0.2) is 4.79 Å². The Morgan fingerprint density at radius 3 is 2.33 bits per heavy atom. The van der Waals surface area contributed by atoms with Crippen LogP contribution in [-0.4, -0.2) is 32.4 Å². The fraction of sp³-hybridized carbons (Fsp3) is 0.696. The van der Waals surface area contributed by atoms with Gasteiger partial charge in [0.25, 0.3) is 0 Å². The van der Waals surface area contributed by atoms with Gasteiger partial charge in [0, 0.05) is 13.7 Å². The lowest BCUT2D eigenvalue weighted by Gasteiger charge is -2.29. The monoisotopic (exact) mass is 374 g/mol. The minimum absolute atomic E-state index is 0.0439. The third-order valence-electron chi connectivity index (χ3n) is 6.06. The summed E-state index contributed by atoms with van der Waals surface area (Å²) in [5.41, 5.74) is 1.80. The molecule has 1 aliphatic heterocycles. The van der Waals surface area contributed by atoms with Crippen LogP contribution in [0.25, 0.3) is 0 Å². The molecule has 1 saturated carbocycles. The largest absolute Gasteiger partial charge is 0.459 e. The summed E-state index contributed by atoms with van der Waals surface area (Å²) >= 11 is 0. The number of carbonyl (C=O) groups is 1. The minimum Gasteiger partial charge on any atom is -0.459 e. The number of methoxy groups -OCH3 is 1. The van der Waals surface area contributed by atoms with Crippen molar-refractivity contribution in [3.8, 4) is 0 Å². The van der Waals surface area contributed by atoms with Gasteiger partial charge >= 0.3 is 5.97 Å². The van der Waals surface area contributed by atoms with E-state index in [4.69, 9.17) is 14.2 Å². The maximum atomic E-state index is 12.4. The molecule has 2 aliphatic rings. The van der Waals surface area contributed by atoms with Crippen molar-refractivity contribution in [2.24, 2.45) is 11.8 Å². The van der Waals surface area contributed by atoms with Gasteiger partial charge in [-0.2, -0.15) is 0 Å². The number of benzene rings is 1. The highest BCUT2D eigenvalue weighted by molar-refractivity contribution is 5.89. The molecule has 0 radical (unpaired) electrons. The summed E-state index contributed by atoms with van der Waals surface area (Å²) in [5.74, 6) is 1.11. The van der Waals surface area contributed by atoms with E-state index in [1.807, 2.05) is 24.3 Å². The topological polar surface area (TPSA) is 44.8 Å². The molecule has 4 nitrogen and oxygen atoms in total. The summed E-state index contributed by atoms with van der Waals surface area (Å²) in [6.07, 6.45) is 9.01. The van der Waals surface area contributed by atoms with Crippen LogP contribution >= 0.6 is 0 Å². The van der Waals surface area contributed by atoms with Crippen molar-refractivity contribution in [2.75, 3.05) is 20.3 Å². The lowest BCUT2D eigenvalue weighted by molar-refractivity contribution is -0.0195. The van der Waals surface area contributed by atoms with Crippen molar-refractivity contribution in [1.29, 1.82) is 0 Å². The molecule has 2 unspecified atom stereocenters. The standard InChI is InChI=1S/C23H34O4/c1-3-4-17-7-14-22(26-16-17)19-8-10-20(11-9-19)23(24)27-21-12-5-18(6-13-21)15-25-2/h8-11,17-18,21-22H,3-7,12-16H2,1-2H3/t17?,18-,21-,22?. The normalized spacial score (nSPS) is 28.7. The molecule has 1 aromatic rings. The molecule has 0 bridgehead atoms. The lowest BCUT2D eigenvalue weighted by atomic mass is 9.88. The molecule has 2 fully saturated rings. The van der Waals surface area contributed by atoms with Crippen LogP contribution in [0.3, 0.4) is 0 Å². The van der Waals surface area contributed by atoms with E-state index in [-0.39, 0.29) is 18.2 Å². The fourth-order valence-electron chi connectivity index (χ4n) is 4.41. The van der Waals surface area contributed by atoms with Gasteiger partial charge in [-0.3, -0.25) is 0 Å². The minimum atomic E-state index is -0.204. The molecule has 1 heterocycles. The van der Waals surface area contributed by atoms with Gasteiger partial charge in [0.05, 0.1) is 18.3 Å². The van der Waals surface area contributed by atoms with Crippen LogP contribution in [0.15, 0.2) is 24.3 Å². The lowest BCUT2D eigenvalue weighted by Crippen LogP contribution is -2.26. The van der Waals surface area contributed by atoms with Crippen LogP contribution < -0.4 is 0 Å². The van der Waals surface area contributed by atoms with Crippen molar-refractivity contribution in [1.82, 2.24) is 0 Å². The Morgan fingerprint density at radius 1 is 1.04 bits per heavy atom. The average Bonchev–Trinajstić information content (AvgIpc) is 2.71. The Labute approximate surface area is 163 Å². The number of ether oxygens (including phenoxy) is 3. The fourth-order valence-corrected chi connectivity index (χ4v) is 4.41. The zero-order chi connectivity index (χ0) is 19.1. The van der Waals surface area contributed by atoms with Gasteiger partial charge in [-0.05, 0) is 74.5 Å². The molecule has 1 aromatic carbocycles. The van der Waals surface area contributed by atoms with Crippen molar-refractivity contribution >= 4 is 5.97 Å².